The second-order valence-electron chi connectivity index (χ2n) is 12.8. The van der Waals surface area contributed by atoms with Gasteiger partial charge in [0.25, 0.3) is 0 Å². The van der Waals surface area contributed by atoms with Crippen LogP contribution in [0.2, 0.25) is 5.02 Å². The molecule has 0 spiro atoms. The number of nitrogen functional groups attached to an aromatic ring is 1. The number of benzene rings is 1. The fourth-order valence-corrected chi connectivity index (χ4v) is 8.63. The van der Waals surface area contributed by atoms with Gasteiger partial charge in [-0.1, -0.05) is 24.6 Å². The number of likely N-dealkylation sites (tertiary alicyclic amines) is 3. The Balaban J connectivity index is 1.11. The molecular weight excluding hydrogens is 596 g/mol. The number of halogens is 1. The topological polar surface area (TPSA) is 102 Å². The van der Waals surface area contributed by atoms with Crippen molar-refractivity contribution < 1.29 is 14.4 Å². The first kappa shape index (κ1) is 31.2. The van der Waals surface area contributed by atoms with Crippen molar-refractivity contribution in [1.29, 1.82) is 0 Å². The standard InChI is InChI=1S/C33H45ClN6O3S/c1-2-23-17-22(19-27(34)31(23)35)18-24(32(42)39-14-5-25(6-15-39)37-10-3-4-11-37)20-30(41)38-12-7-26(8-13-38)40-21-29-28(9-16-44-29)36-33(40)43/h9,16-17,19,24-26H,2-8,10-15,18,20-21,35H2,1H3,(H,36,43)/t24-/m0/s1. The monoisotopic (exact) mass is 640 g/mol. The van der Waals surface area contributed by atoms with E-state index in [0.29, 0.717) is 42.8 Å². The first-order valence-corrected chi connectivity index (χ1v) is 17.6. The lowest BCUT2D eigenvalue weighted by Gasteiger charge is -2.40. The lowest BCUT2D eigenvalue weighted by molar-refractivity contribution is -0.143. The predicted molar refractivity (Wildman–Crippen MR) is 176 cm³/mol. The molecule has 4 aliphatic rings. The molecule has 44 heavy (non-hydrogen) atoms. The van der Waals surface area contributed by atoms with Gasteiger partial charge in [-0.15, -0.1) is 11.3 Å². The summed E-state index contributed by atoms with van der Waals surface area (Å²) in [5.41, 5.74) is 9.61. The number of nitrogens with zero attached hydrogens (tertiary/aromatic N) is 4. The molecule has 1 aromatic heterocycles. The summed E-state index contributed by atoms with van der Waals surface area (Å²) in [5, 5.41) is 5.51. The van der Waals surface area contributed by atoms with E-state index in [2.05, 4.69) is 10.2 Å². The van der Waals surface area contributed by atoms with Crippen LogP contribution in [-0.2, 0) is 29.0 Å². The Kier molecular flexibility index (Phi) is 9.68. The van der Waals surface area contributed by atoms with E-state index in [1.54, 1.807) is 11.3 Å². The lowest BCUT2D eigenvalue weighted by atomic mass is 9.91. The highest BCUT2D eigenvalue weighted by atomic mass is 35.5. The number of thiophene rings is 1. The van der Waals surface area contributed by atoms with Crippen LogP contribution in [0, 0.1) is 5.92 Å². The van der Waals surface area contributed by atoms with Crippen molar-refractivity contribution in [2.24, 2.45) is 5.92 Å². The SMILES string of the molecule is CCc1cc(C[C@@H](CC(=O)N2CCC(N3Cc4sccc4NC3=O)CC2)C(=O)N2CCC(N3CCCC3)CC2)cc(Cl)c1N. The number of carbonyl (C=O) groups is 3. The van der Waals surface area contributed by atoms with Crippen LogP contribution in [-0.4, -0.2) is 88.8 Å². The van der Waals surface area contributed by atoms with Gasteiger partial charge in [-0.05, 0) is 93.1 Å². The fourth-order valence-electron chi connectivity index (χ4n) is 7.54. The molecule has 3 N–H and O–H groups in total. The van der Waals surface area contributed by atoms with Crippen molar-refractivity contribution in [2.75, 3.05) is 50.3 Å². The molecule has 9 nitrogen and oxygen atoms in total. The van der Waals surface area contributed by atoms with Gasteiger partial charge in [-0.25, -0.2) is 4.79 Å². The molecule has 0 bridgehead atoms. The number of fused-ring (bicyclic) bond motifs is 1. The summed E-state index contributed by atoms with van der Waals surface area (Å²) < 4.78 is 0. The minimum Gasteiger partial charge on any atom is -0.397 e. The quantitative estimate of drug-likeness (QED) is 0.385. The van der Waals surface area contributed by atoms with Gasteiger partial charge >= 0.3 is 6.03 Å². The molecule has 0 unspecified atom stereocenters. The number of aryl methyl sites for hydroxylation is 1. The molecule has 4 amide bonds. The number of urea groups is 1. The Labute approximate surface area is 269 Å². The van der Waals surface area contributed by atoms with Crippen molar-refractivity contribution >= 4 is 52.2 Å². The molecule has 1 atom stereocenters. The minimum atomic E-state index is -0.460. The van der Waals surface area contributed by atoms with E-state index >= 15 is 0 Å². The van der Waals surface area contributed by atoms with E-state index < -0.39 is 5.92 Å². The van der Waals surface area contributed by atoms with E-state index in [-0.39, 0.29) is 30.3 Å². The Morgan fingerprint density at radius 3 is 2.41 bits per heavy atom. The average molecular weight is 641 g/mol. The zero-order chi connectivity index (χ0) is 30.8. The molecule has 4 aliphatic heterocycles. The number of piperidine rings is 2. The van der Waals surface area contributed by atoms with Gasteiger partial charge in [0.1, 0.15) is 0 Å². The number of amides is 4. The summed E-state index contributed by atoms with van der Waals surface area (Å²) >= 11 is 8.15. The van der Waals surface area contributed by atoms with Gasteiger partial charge in [0.2, 0.25) is 11.8 Å². The Morgan fingerprint density at radius 2 is 1.70 bits per heavy atom. The Hall–Kier alpha value is -2.82. The maximum atomic E-state index is 14.1. The first-order chi connectivity index (χ1) is 21.3. The van der Waals surface area contributed by atoms with E-state index in [9.17, 15) is 14.4 Å². The number of nitrogens with one attached hydrogen (secondary N) is 1. The van der Waals surface area contributed by atoms with Crippen LogP contribution in [0.15, 0.2) is 23.6 Å². The predicted octanol–water partition coefficient (Wildman–Crippen LogP) is 5.22. The van der Waals surface area contributed by atoms with Gasteiger partial charge < -0.3 is 30.7 Å². The van der Waals surface area contributed by atoms with Crippen LogP contribution in [0.4, 0.5) is 16.2 Å². The lowest BCUT2D eigenvalue weighted by Crippen LogP contribution is -2.51. The molecule has 238 valence electrons. The molecular formula is C33H45ClN6O3S. The normalized spacial score (nSPS) is 21.0. The highest BCUT2D eigenvalue weighted by Crippen LogP contribution is 2.32. The van der Waals surface area contributed by atoms with Crippen LogP contribution in [0.25, 0.3) is 0 Å². The average Bonchev–Trinajstić information content (AvgIpc) is 3.74. The minimum absolute atomic E-state index is 0.00893. The largest absolute Gasteiger partial charge is 0.397 e. The van der Waals surface area contributed by atoms with E-state index in [4.69, 9.17) is 17.3 Å². The maximum absolute atomic E-state index is 14.1. The first-order valence-electron chi connectivity index (χ1n) is 16.3. The molecule has 0 radical (unpaired) electrons. The number of rotatable bonds is 8. The van der Waals surface area contributed by atoms with Gasteiger partial charge in [-0.3, -0.25) is 9.59 Å². The van der Waals surface area contributed by atoms with Gasteiger partial charge in [0, 0.05) is 49.6 Å². The number of carbonyl (C=O) groups excluding carboxylic acids is 3. The molecule has 5 heterocycles. The summed E-state index contributed by atoms with van der Waals surface area (Å²) in [4.78, 5) is 50.1. The number of hydrogen-bond donors (Lipinski definition) is 2. The highest BCUT2D eigenvalue weighted by molar-refractivity contribution is 7.10. The molecule has 3 saturated heterocycles. The van der Waals surface area contributed by atoms with Crippen LogP contribution >= 0.6 is 22.9 Å². The molecule has 0 saturated carbocycles. The van der Waals surface area contributed by atoms with Gasteiger partial charge in [-0.2, -0.15) is 0 Å². The third kappa shape index (κ3) is 6.72. The molecule has 0 aliphatic carbocycles. The fraction of sp³-hybridized carbons (Fsp3) is 0.606. The number of hydrogen-bond acceptors (Lipinski definition) is 6. The van der Waals surface area contributed by atoms with Gasteiger partial charge in [0.05, 0.1) is 28.9 Å². The van der Waals surface area contributed by atoms with Crippen LogP contribution in [0.5, 0.6) is 0 Å². The van der Waals surface area contributed by atoms with Gasteiger partial charge in [0.15, 0.2) is 0 Å². The number of nitrogens with two attached hydrogens (primary N) is 1. The molecule has 1 aromatic carbocycles. The van der Waals surface area contributed by atoms with Crippen molar-refractivity contribution in [3.8, 4) is 0 Å². The zero-order valence-corrected chi connectivity index (χ0v) is 27.3. The van der Waals surface area contributed by atoms with Crippen molar-refractivity contribution in [1.82, 2.24) is 19.6 Å². The summed E-state index contributed by atoms with van der Waals surface area (Å²) in [6.45, 7) is 7.64. The third-order valence-corrected chi connectivity index (χ3v) is 11.4. The summed E-state index contributed by atoms with van der Waals surface area (Å²) in [5.74, 6) is -0.386. The molecule has 11 heteroatoms. The second kappa shape index (κ2) is 13.7. The van der Waals surface area contributed by atoms with E-state index in [0.717, 1.165) is 62.0 Å². The third-order valence-electron chi connectivity index (χ3n) is 10.2. The maximum Gasteiger partial charge on any atom is 0.322 e. The number of anilines is 2. The molecule has 3 fully saturated rings. The Morgan fingerprint density at radius 1 is 1.02 bits per heavy atom. The highest BCUT2D eigenvalue weighted by Gasteiger charge is 2.36. The summed E-state index contributed by atoms with van der Waals surface area (Å²) in [7, 11) is 0. The van der Waals surface area contributed by atoms with Crippen LogP contribution < -0.4 is 11.1 Å². The zero-order valence-electron chi connectivity index (χ0n) is 25.7. The van der Waals surface area contributed by atoms with Crippen LogP contribution in [0.3, 0.4) is 0 Å². The van der Waals surface area contributed by atoms with Crippen LogP contribution in [0.1, 0.15) is 67.9 Å². The van der Waals surface area contributed by atoms with E-state index in [1.807, 2.05) is 45.2 Å². The van der Waals surface area contributed by atoms with Crippen molar-refractivity contribution in [2.45, 2.75) is 83.3 Å². The molecule has 2 aromatic rings. The van der Waals surface area contributed by atoms with Crippen molar-refractivity contribution in [3.63, 3.8) is 0 Å². The molecule has 6 rings (SSSR count). The summed E-state index contributed by atoms with van der Waals surface area (Å²) in [6.07, 6.45) is 7.36. The second-order valence-corrected chi connectivity index (χ2v) is 14.2. The smallest absolute Gasteiger partial charge is 0.322 e. The van der Waals surface area contributed by atoms with E-state index in [1.165, 1.54) is 30.8 Å². The summed E-state index contributed by atoms with van der Waals surface area (Å²) in [6, 6.07) is 6.43. The van der Waals surface area contributed by atoms with Crippen molar-refractivity contribution in [3.05, 3.63) is 44.6 Å². The Bertz CT molecular complexity index is 1360.